The summed E-state index contributed by atoms with van der Waals surface area (Å²) in [6.07, 6.45) is 0.747. The number of nitrogens with zero attached hydrogens (tertiary/aromatic N) is 1. The first-order chi connectivity index (χ1) is 9.07. The second kappa shape index (κ2) is 5.47. The Hall–Kier alpha value is -1.77. The lowest BCUT2D eigenvalue weighted by Crippen LogP contribution is -2.50. The number of carboxylic acids is 1. The first-order valence-corrected chi connectivity index (χ1v) is 6.24. The van der Waals surface area contributed by atoms with Gasteiger partial charge in [-0.15, -0.1) is 0 Å². The molecule has 0 bridgehead atoms. The monoisotopic (exact) mass is 280 g/mol. The van der Waals surface area contributed by atoms with Gasteiger partial charge in [0.25, 0.3) is 0 Å². The van der Waals surface area contributed by atoms with E-state index in [1.165, 1.54) is 6.07 Å². The highest BCUT2D eigenvalue weighted by Crippen LogP contribution is 2.31. The van der Waals surface area contributed by atoms with Gasteiger partial charge in [0, 0.05) is 26.1 Å². The molecule has 100 valence electrons. The van der Waals surface area contributed by atoms with Crippen molar-refractivity contribution in [2.75, 3.05) is 18.5 Å². The van der Waals surface area contributed by atoms with Gasteiger partial charge in [-0.05, 0) is 18.2 Å². The fraction of sp³-hybridized carbons (Fsp3) is 0.385. The molecule has 1 aliphatic rings. The molecular formula is C13H13ClN2O3. The number of halogens is 1. The van der Waals surface area contributed by atoms with E-state index in [0.29, 0.717) is 42.3 Å². The molecule has 0 radical (unpaired) electrons. The molecule has 5 nitrogen and oxygen atoms in total. The Morgan fingerprint density at radius 3 is 2.68 bits per heavy atom. The SMILES string of the molecule is N#Cc1ccc(NC2(C(=O)O)CCOCC2)c(Cl)c1. The molecule has 1 fully saturated rings. The fourth-order valence-corrected chi connectivity index (χ4v) is 2.28. The lowest BCUT2D eigenvalue weighted by atomic mass is 9.89. The maximum atomic E-state index is 11.5. The molecule has 1 saturated heterocycles. The van der Waals surface area contributed by atoms with Crippen LogP contribution >= 0.6 is 11.6 Å². The molecule has 1 heterocycles. The van der Waals surface area contributed by atoms with Gasteiger partial charge in [0.2, 0.25) is 0 Å². The Balaban J connectivity index is 2.27. The number of nitriles is 1. The summed E-state index contributed by atoms with van der Waals surface area (Å²) in [6.45, 7) is 0.792. The molecule has 1 aliphatic heterocycles. The number of aliphatic carboxylic acids is 1. The number of nitrogens with one attached hydrogen (secondary N) is 1. The molecule has 1 aromatic carbocycles. The average molecular weight is 281 g/mol. The Labute approximate surface area is 115 Å². The van der Waals surface area contributed by atoms with Crippen molar-refractivity contribution in [3.8, 4) is 6.07 Å². The summed E-state index contributed by atoms with van der Waals surface area (Å²) in [5, 5.41) is 21.5. The first-order valence-electron chi connectivity index (χ1n) is 5.86. The Morgan fingerprint density at radius 1 is 1.47 bits per heavy atom. The first kappa shape index (κ1) is 13.7. The molecule has 0 unspecified atom stereocenters. The summed E-state index contributed by atoms with van der Waals surface area (Å²) in [5.41, 5.74) is -0.104. The smallest absolute Gasteiger partial charge is 0.329 e. The molecule has 0 atom stereocenters. The number of hydrogen-bond acceptors (Lipinski definition) is 4. The van der Waals surface area contributed by atoms with Crippen LogP contribution in [0.1, 0.15) is 18.4 Å². The third kappa shape index (κ3) is 2.80. The van der Waals surface area contributed by atoms with E-state index in [4.69, 9.17) is 21.6 Å². The second-order valence-corrected chi connectivity index (χ2v) is 4.84. The van der Waals surface area contributed by atoms with Gasteiger partial charge in [-0.3, -0.25) is 0 Å². The van der Waals surface area contributed by atoms with Gasteiger partial charge in [0.1, 0.15) is 5.54 Å². The highest BCUT2D eigenvalue weighted by molar-refractivity contribution is 6.33. The van der Waals surface area contributed by atoms with Crippen LogP contribution in [0.4, 0.5) is 5.69 Å². The minimum atomic E-state index is -1.06. The van der Waals surface area contributed by atoms with Gasteiger partial charge < -0.3 is 15.2 Å². The third-order valence-electron chi connectivity index (χ3n) is 3.23. The zero-order valence-electron chi connectivity index (χ0n) is 10.1. The molecule has 0 saturated carbocycles. The summed E-state index contributed by atoms with van der Waals surface area (Å²) in [5.74, 6) is -0.920. The maximum absolute atomic E-state index is 11.5. The quantitative estimate of drug-likeness (QED) is 0.887. The van der Waals surface area contributed by atoms with Crippen molar-refractivity contribution in [2.45, 2.75) is 18.4 Å². The minimum Gasteiger partial charge on any atom is -0.480 e. The van der Waals surface area contributed by atoms with Gasteiger partial charge in [-0.2, -0.15) is 5.26 Å². The van der Waals surface area contributed by atoms with Crippen molar-refractivity contribution in [1.29, 1.82) is 5.26 Å². The van der Waals surface area contributed by atoms with Gasteiger partial charge >= 0.3 is 5.97 Å². The molecule has 0 amide bonds. The normalized spacial score (nSPS) is 17.5. The summed E-state index contributed by atoms with van der Waals surface area (Å²) in [4.78, 5) is 11.5. The number of benzene rings is 1. The second-order valence-electron chi connectivity index (χ2n) is 4.43. The number of carbonyl (C=O) groups is 1. The highest BCUT2D eigenvalue weighted by Gasteiger charge is 2.40. The van der Waals surface area contributed by atoms with Gasteiger partial charge in [-0.25, -0.2) is 4.79 Å². The molecule has 19 heavy (non-hydrogen) atoms. The van der Waals surface area contributed by atoms with Crippen molar-refractivity contribution in [1.82, 2.24) is 0 Å². The van der Waals surface area contributed by atoms with Crippen LogP contribution in [0.3, 0.4) is 0 Å². The molecule has 0 spiro atoms. The Kier molecular flexibility index (Phi) is 3.93. The van der Waals surface area contributed by atoms with Crippen molar-refractivity contribution >= 4 is 23.3 Å². The van der Waals surface area contributed by atoms with E-state index >= 15 is 0 Å². The van der Waals surface area contributed by atoms with Crippen LogP contribution in [-0.4, -0.2) is 29.8 Å². The number of anilines is 1. The predicted molar refractivity (Wildman–Crippen MR) is 70.2 cm³/mol. The van der Waals surface area contributed by atoms with E-state index in [1.807, 2.05) is 6.07 Å². The summed E-state index contributed by atoms with van der Waals surface area (Å²) < 4.78 is 5.20. The van der Waals surface area contributed by atoms with Crippen LogP contribution in [0.2, 0.25) is 5.02 Å². The van der Waals surface area contributed by atoms with E-state index in [-0.39, 0.29) is 0 Å². The van der Waals surface area contributed by atoms with Gasteiger partial charge in [-0.1, -0.05) is 11.6 Å². The van der Waals surface area contributed by atoms with E-state index in [9.17, 15) is 9.90 Å². The van der Waals surface area contributed by atoms with E-state index in [0.717, 1.165) is 0 Å². The van der Waals surface area contributed by atoms with Gasteiger partial charge in [0.15, 0.2) is 0 Å². The molecular weight excluding hydrogens is 268 g/mol. The Bertz CT molecular complexity index is 533. The number of rotatable bonds is 3. The lowest BCUT2D eigenvalue weighted by Gasteiger charge is -2.35. The topological polar surface area (TPSA) is 82.4 Å². The lowest BCUT2D eigenvalue weighted by molar-refractivity contribution is -0.145. The molecule has 6 heteroatoms. The van der Waals surface area contributed by atoms with Crippen molar-refractivity contribution in [3.05, 3.63) is 28.8 Å². The van der Waals surface area contributed by atoms with Crippen molar-refractivity contribution < 1.29 is 14.6 Å². The molecule has 0 aliphatic carbocycles. The van der Waals surface area contributed by atoms with E-state index in [1.54, 1.807) is 12.1 Å². The number of carboxylic acid groups (broad SMARTS) is 1. The predicted octanol–water partition coefficient (Wildman–Crippen LogP) is 2.26. The zero-order chi connectivity index (χ0) is 13.9. The molecule has 1 aromatic rings. The summed E-state index contributed by atoms with van der Waals surface area (Å²) in [6, 6.07) is 6.72. The van der Waals surface area contributed by atoms with Crippen LogP contribution < -0.4 is 5.32 Å². The van der Waals surface area contributed by atoms with Crippen molar-refractivity contribution in [3.63, 3.8) is 0 Å². The standard InChI is InChI=1S/C13H13ClN2O3/c14-10-7-9(8-15)1-2-11(10)16-13(12(17)18)3-5-19-6-4-13/h1-2,7,16H,3-6H2,(H,17,18). The van der Waals surface area contributed by atoms with E-state index in [2.05, 4.69) is 5.32 Å². The Morgan fingerprint density at radius 2 is 2.16 bits per heavy atom. The van der Waals surface area contributed by atoms with Crippen LogP contribution in [0.25, 0.3) is 0 Å². The third-order valence-corrected chi connectivity index (χ3v) is 3.54. The largest absolute Gasteiger partial charge is 0.480 e. The van der Waals surface area contributed by atoms with Crippen LogP contribution in [0.15, 0.2) is 18.2 Å². The van der Waals surface area contributed by atoms with Crippen molar-refractivity contribution in [2.24, 2.45) is 0 Å². The molecule has 2 rings (SSSR count). The fourth-order valence-electron chi connectivity index (χ4n) is 2.06. The zero-order valence-corrected chi connectivity index (χ0v) is 10.9. The molecule has 0 aromatic heterocycles. The van der Waals surface area contributed by atoms with E-state index < -0.39 is 11.5 Å². The number of ether oxygens (including phenoxy) is 1. The van der Waals surface area contributed by atoms with Crippen LogP contribution in [0.5, 0.6) is 0 Å². The molecule has 2 N–H and O–H groups in total. The summed E-state index contributed by atoms with van der Waals surface area (Å²) >= 11 is 6.06. The minimum absolute atomic E-state index is 0.339. The highest BCUT2D eigenvalue weighted by atomic mass is 35.5. The average Bonchev–Trinajstić information content (AvgIpc) is 2.42. The van der Waals surface area contributed by atoms with Gasteiger partial charge in [0.05, 0.1) is 22.3 Å². The summed E-state index contributed by atoms with van der Waals surface area (Å²) in [7, 11) is 0. The maximum Gasteiger partial charge on any atom is 0.329 e. The number of hydrogen-bond donors (Lipinski definition) is 2. The van der Waals surface area contributed by atoms with Crippen LogP contribution in [-0.2, 0) is 9.53 Å². The van der Waals surface area contributed by atoms with Crippen LogP contribution in [0, 0.1) is 11.3 Å².